The average molecular weight is 373 g/mol. The van der Waals surface area contributed by atoms with Crippen LogP contribution in [0.3, 0.4) is 0 Å². The third kappa shape index (κ3) is 5.53. The Morgan fingerprint density at radius 2 is 2.19 bits per heavy atom. The lowest BCUT2D eigenvalue weighted by Crippen LogP contribution is -2.41. The van der Waals surface area contributed by atoms with Crippen molar-refractivity contribution < 1.29 is 9.13 Å². The van der Waals surface area contributed by atoms with Crippen LogP contribution in [0.25, 0.3) is 5.69 Å². The van der Waals surface area contributed by atoms with Crippen molar-refractivity contribution in [2.45, 2.75) is 19.8 Å². The molecular formula is C20H28FN5O. The van der Waals surface area contributed by atoms with E-state index in [4.69, 9.17) is 9.73 Å². The first-order chi connectivity index (χ1) is 13.2. The molecular weight excluding hydrogens is 345 g/mol. The van der Waals surface area contributed by atoms with E-state index in [9.17, 15) is 4.39 Å². The van der Waals surface area contributed by atoms with Crippen molar-refractivity contribution in [2.75, 3.05) is 39.9 Å². The highest BCUT2D eigenvalue weighted by molar-refractivity contribution is 5.79. The van der Waals surface area contributed by atoms with E-state index < -0.39 is 0 Å². The Hall–Kier alpha value is -2.41. The number of guanidine groups is 1. The summed E-state index contributed by atoms with van der Waals surface area (Å²) < 4.78 is 20.3. The van der Waals surface area contributed by atoms with E-state index in [1.807, 2.05) is 12.3 Å². The van der Waals surface area contributed by atoms with Gasteiger partial charge in [-0.25, -0.2) is 9.07 Å². The molecule has 1 N–H and O–H groups in total. The molecule has 0 saturated carbocycles. The number of aromatic nitrogens is 2. The summed E-state index contributed by atoms with van der Waals surface area (Å²) in [7, 11) is 2.07. The Morgan fingerprint density at radius 1 is 1.37 bits per heavy atom. The third-order valence-corrected chi connectivity index (χ3v) is 4.62. The van der Waals surface area contributed by atoms with E-state index in [1.165, 1.54) is 12.1 Å². The minimum absolute atomic E-state index is 0.246. The van der Waals surface area contributed by atoms with Crippen molar-refractivity contribution in [1.29, 1.82) is 0 Å². The number of nitrogens with zero attached hydrogens (tertiary/aromatic N) is 4. The van der Waals surface area contributed by atoms with Crippen LogP contribution in [0.2, 0.25) is 0 Å². The highest BCUT2D eigenvalue weighted by Crippen LogP contribution is 2.13. The van der Waals surface area contributed by atoms with E-state index in [2.05, 4.69) is 29.3 Å². The summed E-state index contributed by atoms with van der Waals surface area (Å²) in [5.74, 6) is 1.25. The zero-order chi connectivity index (χ0) is 19.1. The van der Waals surface area contributed by atoms with Crippen LogP contribution < -0.4 is 5.32 Å². The van der Waals surface area contributed by atoms with Gasteiger partial charge in [-0.15, -0.1) is 0 Å². The average Bonchev–Trinajstić information content (AvgIpc) is 3.34. The van der Waals surface area contributed by atoms with Gasteiger partial charge in [0.15, 0.2) is 5.96 Å². The Bertz CT molecular complexity index is 737. The van der Waals surface area contributed by atoms with Crippen LogP contribution in [0.4, 0.5) is 4.39 Å². The van der Waals surface area contributed by atoms with Gasteiger partial charge in [0, 0.05) is 51.8 Å². The molecule has 0 bridgehead atoms. The summed E-state index contributed by atoms with van der Waals surface area (Å²) in [6, 6.07) is 8.29. The van der Waals surface area contributed by atoms with Crippen molar-refractivity contribution in [3.8, 4) is 5.69 Å². The van der Waals surface area contributed by atoms with E-state index in [-0.39, 0.29) is 5.82 Å². The molecule has 0 radical (unpaired) electrons. The molecule has 7 heteroatoms. The SMILES string of the molecule is CCNC(=NCCc1ccn(-c2ccc(F)cc2)n1)N(C)CC1CCOC1. The van der Waals surface area contributed by atoms with Gasteiger partial charge < -0.3 is 15.0 Å². The van der Waals surface area contributed by atoms with Crippen molar-refractivity contribution in [3.63, 3.8) is 0 Å². The van der Waals surface area contributed by atoms with E-state index in [0.29, 0.717) is 12.5 Å². The van der Waals surface area contributed by atoms with Crippen LogP contribution in [0.1, 0.15) is 19.0 Å². The standard InChI is InChI=1S/C20H28FN5O/c1-3-22-20(25(2)14-16-10-13-27-15-16)23-11-8-18-9-12-26(24-18)19-6-4-17(21)5-7-19/h4-7,9,12,16H,3,8,10-11,13-15H2,1-2H3,(H,22,23). The maximum Gasteiger partial charge on any atom is 0.193 e. The third-order valence-electron chi connectivity index (χ3n) is 4.62. The molecule has 0 spiro atoms. The predicted molar refractivity (Wildman–Crippen MR) is 105 cm³/mol. The van der Waals surface area contributed by atoms with E-state index in [0.717, 1.165) is 56.5 Å². The number of hydrogen-bond donors (Lipinski definition) is 1. The smallest absolute Gasteiger partial charge is 0.193 e. The largest absolute Gasteiger partial charge is 0.381 e. The van der Waals surface area contributed by atoms with Gasteiger partial charge in [-0.2, -0.15) is 5.10 Å². The first-order valence-corrected chi connectivity index (χ1v) is 9.53. The number of rotatable bonds is 7. The van der Waals surface area contributed by atoms with Gasteiger partial charge in [0.1, 0.15) is 5.82 Å². The first kappa shape index (κ1) is 19.4. The molecule has 3 rings (SSSR count). The Kier molecular flexibility index (Phi) is 6.81. The number of aliphatic imine (C=N–C) groups is 1. The normalized spacial score (nSPS) is 17.3. The van der Waals surface area contributed by atoms with Gasteiger partial charge in [-0.1, -0.05) is 0 Å². The molecule has 1 fully saturated rings. The van der Waals surface area contributed by atoms with Crippen LogP contribution in [-0.4, -0.2) is 60.5 Å². The fourth-order valence-corrected chi connectivity index (χ4v) is 3.18. The molecule has 6 nitrogen and oxygen atoms in total. The lowest BCUT2D eigenvalue weighted by Gasteiger charge is -2.24. The minimum atomic E-state index is -0.246. The molecule has 2 heterocycles. The van der Waals surface area contributed by atoms with Crippen molar-refractivity contribution >= 4 is 5.96 Å². The van der Waals surface area contributed by atoms with Crippen LogP contribution in [0, 0.1) is 11.7 Å². The van der Waals surface area contributed by atoms with Gasteiger partial charge >= 0.3 is 0 Å². The predicted octanol–water partition coefficient (Wildman–Crippen LogP) is 2.49. The lowest BCUT2D eigenvalue weighted by molar-refractivity contribution is 0.181. The summed E-state index contributed by atoms with van der Waals surface area (Å²) in [6.07, 6.45) is 3.76. The zero-order valence-corrected chi connectivity index (χ0v) is 16.1. The second-order valence-electron chi connectivity index (χ2n) is 6.82. The Balaban J connectivity index is 1.56. The number of nitrogens with one attached hydrogen (secondary N) is 1. The fourth-order valence-electron chi connectivity index (χ4n) is 3.18. The molecule has 1 aromatic heterocycles. The van der Waals surface area contributed by atoms with Gasteiger partial charge in [-0.3, -0.25) is 4.99 Å². The van der Waals surface area contributed by atoms with Gasteiger partial charge in [-0.05, 0) is 43.7 Å². The summed E-state index contributed by atoms with van der Waals surface area (Å²) in [5.41, 5.74) is 1.81. The van der Waals surface area contributed by atoms with E-state index >= 15 is 0 Å². The molecule has 1 atom stereocenters. The monoisotopic (exact) mass is 373 g/mol. The molecule has 146 valence electrons. The van der Waals surface area contributed by atoms with Crippen LogP contribution in [0.15, 0.2) is 41.5 Å². The molecule has 1 aliphatic rings. The van der Waals surface area contributed by atoms with Gasteiger partial charge in [0.2, 0.25) is 0 Å². The van der Waals surface area contributed by atoms with Crippen LogP contribution in [-0.2, 0) is 11.2 Å². The number of benzene rings is 1. The Labute approximate surface area is 160 Å². The molecule has 1 aliphatic heterocycles. The molecule has 2 aromatic rings. The van der Waals surface area contributed by atoms with Crippen molar-refractivity contribution in [1.82, 2.24) is 20.0 Å². The maximum absolute atomic E-state index is 13.0. The molecule has 1 unspecified atom stereocenters. The second-order valence-corrected chi connectivity index (χ2v) is 6.82. The lowest BCUT2D eigenvalue weighted by atomic mass is 10.1. The summed E-state index contributed by atoms with van der Waals surface area (Å²) in [5, 5.41) is 7.91. The van der Waals surface area contributed by atoms with Crippen molar-refractivity contribution in [3.05, 3.63) is 48.0 Å². The minimum Gasteiger partial charge on any atom is -0.381 e. The molecule has 1 saturated heterocycles. The molecule has 1 aromatic carbocycles. The van der Waals surface area contributed by atoms with Gasteiger partial charge in [0.05, 0.1) is 18.0 Å². The Morgan fingerprint density at radius 3 is 2.89 bits per heavy atom. The molecule has 27 heavy (non-hydrogen) atoms. The summed E-state index contributed by atoms with van der Waals surface area (Å²) in [6.45, 7) is 6.22. The van der Waals surface area contributed by atoms with Gasteiger partial charge in [0.25, 0.3) is 0 Å². The van der Waals surface area contributed by atoms with Crippen LogP contribution in [0.5, 0.6) is 0 Å². The summed E-state index contributed by atoms with van der Waals surface area (Å²) in [4.78, 5) is 6.92. The first-order valence-electron chi connectivity index (χ1n) is 9.53. The highest BCUT2D eigenvalue weighted by Gasteiger charge is 2.19. The fraction of sp³-hybridized carbons (Fsp3) is 0.500. The van der Waals surface area contributed by atoms with E-state index in [1.54, 1.807) is 16.8 Å². The topological polar surface area (TPSA) is 54.7 Å². The van der Waals surface area contributed by atoms with Crippen molar-refractivity contribution in [2.24, 2.45) is 10.9 Å². The number of halogens is 1. The summed E-state index contributed by atoms with van der Waals surface area (Å²) >= 11 is 0. The highest BCUT2D eigenvalue weighted by atomic mass is 19.1. The maximum atomic E-state index is 13.0. The van der Waals surface area contributed by atoms with Crippen LogP contribution >= 0.6 is 0 Å². The zero-order valence-electron chi connectivity index (χ0n) is 16.1. The number of hydrogen-bond acceptors (Lipinski definition) is 3. The molecule has 0 aliphatic carbocycles. The molecule has 0 amide bonds. The number of ether oxygens (including phenoxy) is 1. The quantitative estimate of drug-likeness (QED) is 0.598. The second kappa shape index (κ2) is 9.50.